The summed E-state index contributed by atoms with van der Waals surface area (Å²) in [5, 5.41) is 6.81. The molecule has 3 aromatic rings. The van der Waals surface area contributed by atoms with E-state index in [0.717, 1.165) is 0 Å². The SMILES string of the molecule is CC(C)S(=O)(=O)c1ccc(-c2cnc(N)c(-c3nnc(N)o3)n2)cc1. The van der Waals surface area contributed by atoms with E-state index in [9.17, 15) is 8.42 Å². The molecule has 2 aromatic heterocycles. The van der Waals surface area contributed by atoms with Crippen LogP contribution in [0.1, 0.15) is 13.8 Å². The predicted octanol–water partition coefficient (Wildman–Crippen LogP) is 1.54. The molecule has 0 unspecified atom stereocenters. The second-order valence-corrected chi connectivity index (χ2v) is 8.06. The van der Waals surface area contributed by atoms with Crippen molar-refractivity contribution >= 4 is 21.7 Å². The number of benzene rings is 1. The lowest BCUT2D eigenvalue weighted by Crippen LogP contribution is -2.13. The number of hydrogen-bond donors (Lipinski definition) is 2. The molecule has 0 aliphatic rings. The fourth-order valence-corrected chi connectivity index (χ4v) is 3.17. The van der Waals surface area contributed by atoms with Crippen LogP contribution < -0.4 is 11.5 Å². The first-order valence-corrected chi connectivity index (χ1v) is 8.90. The van der Waals surface area contributed by atoms with Crippen LogP contribution in [0.2, 0.25) is 0 Å². The summed E-state index contributed by atoms with van der Waals surface area (Å²) in [5.41, 5.74) is 12.6. The van der Waals surface area contributed by atoms with Crippen LogP contribution >= 0.6 is 0 Å². The molecule has 3 rings (SSSR count). The van der Waals surface area contributed by atoms with Gasteiger partial charge in [0.15, 0.2) is 21.3 Å². The van der Waals surface area contributed by atoms with Gasteiger partial charge in [-0.1, -0.05) is 17.2 Å². The van der Waals surface area contributed by atoms with Gasteiger partial charge in [0.25, 0.3) is 5.89 Å². The second-order valence-electron chi connectivity index (χ2n) is 5.55. The van der Waals surface area contributed by atoms with Crippen LogP contribution in [0.3, 0.4) is 0 Å². The molecule has 0 fully saturated rings. The quantitative estimate of drug-likeness (QED) is 0.705. The molecule has 25 heavy (non-hydrogen) atoms. The summed E-state index contributed by atoms with van der Waals surface area (Å²) >= 11 is 0. The Labute approximate surface area is 144 Å². The van der Waals surface area contributed by atoms with E-state index in [0.29, 0.717) is 11.3 Å². The highest BCUT2D eigenvalue weighted by atomic mass is 32.2. The number of nitrogens with two attached hydrogens (primary N) is 2. The van der Waals surface area contributed by atoms with Gasteiger partial charge >= 0.3 is 6.01 Å². The third kappa shape index (κ3) is 3.15. The topological polar surface area (TPSA) is 151 Å². The van der Waals surface area contributed by atoms with E-state index in [2.05, 4.69) is 20.2 Å². The minimum atomic E-state index is -3.33. The van der Waals surface area contributed by atoms with E-state index >= 15 is 0 Å². The molecule has 0 saturated heterocycles. The number of nitrogen functional groups attached to an aromatic ring is 2. The van der Waals surface area contributed by atoms with E-state index in [1.165, 1.54) is 18.3 Å². The predicted molar refractivity (Wildman–Crippen MR) is 91.9 cm³/mol. The molecule has 4 N–H and O–H groups in total. The van der Waals surface area contributed by atoms with Gasteiger partial charge < -0.3 is 15.9 Å². The normalized spacial score (nSPS) is 11.8. The average molecular weight is 360 g/mol. The van der Waals surface area contributed by atoms with Crippen LogP contribution in [-0.2, 0) is 9.84 Å². The lowest BCUT2D eigenvalue weighted by Gasteiger charge is -2.09. The number of hydrogen-bond acceptors (Lipinski definition) is 9. The van der Waals surface area contributed by atoms with Gasteiger partial charge in [-0.25, -0.2) is 18.4 Å². The van der Waals surface area contributed by atoms with E-state index in [4.69, 9.17) is 15.9 Å². The molecular formula is C15H16N6O3S. The molecule has 130 valence electrons. The maximum atomic E-state index is 12.2. The van der Waals surface area contributed by atoms with Crippen LogP contribution in [0, 0.1) is 0 Å². The van der Waals surface area contributed by atoms with Crippen LogP contribution in [0.25, 0.3) is 22.8 Å². The maximum Gasteiger partial charge on any atom is 0.313 e. The summed E-state index contributed by atoms with van der Waals surface area (Å²) in [6, 6.07) is 6.27. The van der Waals surface area contributed by atoms with Crippen molar-refractivity contribution in [3.8, 4) is 22.8 Å². The fourth-order valence-electron chi connectivity index (χ4n) is 2.11. The molecule has 0 spiro atoms. The van der Waals surface area contributed by atoms with Gasteiger partial charge in [-0.05, 0) is 26.0 Å². The number of nitrogens with zero attached hydrogens (tertiary/aromatic N) is 4. The fraction of sp³-hybridized carbons (Fsp3) is 0.200. The lowest BCUT2D eigenvalue weighted by atomic mass is 10.1. The number of sulfone groups is 1. The van der Waals surface area contributed by atoms with E-state index < -0.39 is 15.1 Å². The van der Waals surface area contributed by atoms with Gasteiger partial charge in [-0.2, -0.15) is 0 Å². The summed E-state index contributed by atoms with van der Waals surface area (Å²) in [5.74, 6) is 0.176. The molecule has 0 bridgehead atoms. The molecule has 0 atom stereocenters. The number of rotatable bonds is 4. The van der Waals surface area contributed by atoms with Crippen molar-refractivity contribution < 1.29 is 12.8 Å². The first-order chi connectivity index (χ1) is 11.8. The minimum absolute atomic E-state index is 0.0587. The Bertz CT molecular complexity index is 1010. The molecule has 2 heterocycles. The zero-order valence-corrected chi connectivity index (χ0v) is 14.4. The average Bonchev–Trinajstić information content (AvgIpc) is 3.01. The van der Waals surface area contributed by atoms with Gasteiger partial charge in [0.05, 0.1) is 22.0 Å². The first-order valence-electron chi connectivity index (χ1n) is 7.35. The van der Waals surface area contributed by atoms with Crippen LogP contribution in [0.5, 0.6) is 0 Å². The van der Waals surface area contributed by atoms with E-state index in [-0.39, 0.29) is 28.3 Å². The van der Waals surface area contributed by atoms with Crippen molar-refractivity contribution in [1.82, 2.24) is 20.2 Å². The Balaban J connectivity index is 2.00. The van der Waals surface area contributed by atoms with Gasteiger partial charge in [0.1, 0.15) is 0 Å². The van der Waals surface area contributed by atoms with Crippen molar-refractivity contribution in [2.75, 3.05) is 11.5 Å². The van der Waals surface area contributed by atoms with Gasteiger partial charge in [0.2, 0.25) is 0 Å². The summed E-state index contributed by atoms with van der Waals surface area (Å²) in [7, 11) is -3.33. The maximum absolute atomic E-state index is 12.2. The first kappa shape index (κ1) is 16.8. The molecule has 1 aromatic carbocycles. The Hall–Kier alpha value is -3.01. The molecule has 0 saturated carbocycles. The Morgan fingerprint density at radius 1 is 1.08 bits per heavy atom. The van der Waals surface area contributed by atoms with Crippen molar-refractivity contribution in [2.45, 2.75) is 24.0 Å². The zero-order valence-electron chi connectivity index (χ0n) is 13.5. The van der Waals surface area contributed by atoms with E-state index in [1.807, 2.05) is 0 Å². The van der Waals surface area contributed by atoms with Crippen LogP contribution in [0.15, 0.2) is 39.8 Å². The molecule has 10 heteroatoms. The van der Waals surface area contributed by atoms with Crippen molar-refractivity contribution in [2.24, 2.45) is 0 Å². The van der Waals surface area contributed by atoms with Gasteiger partial charge in [0, 0.05) is 5.56 Å². The monoisotopic (exact) mass is 360 g/mol. The lowest BCUT2D eigenvalue weighted by molar-refractivity contribution is 0.587. The van der Waals surface area contributed by atoms with Crippen LogP contribution in [-0.4, -0.2) is 33.8 Å². The standard InChI is InChI=1S/C15H16N6O3S/c1-8(2)25(22,23)10-5-3-9(4-6-10)11-7-18-13(16)12(19-11)14-20-21-15(17)24-14/h3-8H,1-2H3,(H2,16,18)(H2,17,21). The highest BCUT2D eigenvalue weighted by Crippen LogP contribution is 2.26. The molecular weight excluding hydrogens is 344 g/mol. The molecule has 0 amide bonds. The Morgan fingerprint density at radius 2 is 1.76 bits per heavy atom. The molecule has 0 aliphatic carbocycles. The molecule has 9 nitrogen and oxygen atoms in total. The van der Waals surface area contributed by atoms with Crippen molar-refractivity contribution in [3.63, 3.8) is 0 Å². The van der Waals surface area contributed by atoms with Gasteiger partial charge in [-0.15, -0.1) is 5.10 Å². The number of aromatic nitrogens is 4. The van der Waals surface area contributed by atoms with Crippen molar-refractivity contribution in [3.05, 3.63) is 30.5 Å². The highest BCUT2D eigenvalue weighted by molar-refractivity contribution is 7.92. The largest absolute Gasteiger partial charge is 0.402 e. The molecule has 0 radical (unpaired) electrons. The molecule has 0 aliphatic heterocycles. The second kappa shape index (κ2) is 6.13. The summed E-state index contributed by atoms with van der Waals surface area (Å²) in [6.45, 7) is 3.27. The van der Waals surface area contributed by atoms with Crippen molar-refractivity contribution in [1.29, 1.82) is 0 Å². The Kier molecular flexibility index (Phi) is 4.13. The summed E-state index contributed by atoms with van der Waals surface area (Å²) in [4.78, 5) is 8.68. The Morgan fingerprint density at radius 3 is 2.32 bits per heavy atom. The zero-order chi connectivity index (χ0) is 18.2. The minimum Gasteiger partial charge on any atom is -0.402 e. The third-order valence-corrected chi connectivity index (χ3v) is 5.71. The highest BCUT2D eigenvalue weighted by Gasteiger charge is 2.19. The van der Waals surface area contributed by atoms with Gasteiger partial charge in [-0.3, -0.25) is 0 Å². The summed E-state index contributed by atoms with van der Waals surface area (Å²) in [6.07, 6.45) is 1.48. The summed E-state index contributed by atoms with van der Waals surface area (Å²) < 4.78 is 29.5. The van der Waals surface area contributed by atoms with Crippen LogP contribution in [0.4, 0.5) is 11.8 Å². The van der Waals surface area contributed by atoms with E-state index in [1.54, 1.807) is 26.0 Å². The smallest absolute Gasteiger partial charge is 0.313 e. The third-order valence-electron chi connectivity index (χ3n) is 3.54. The number of anilines is 2.